The van der Waals surface area contributed by atoms with Crippen LogP contribution in [0.2, 0.25) is 5.02 Å². The molecule has 0 saturated heterocycles. The highest BCUT2D eigenvalue weighted by atomic mass is 79.9. The second kappa shape index (κ2) is 8.52. The zero-order chi connectivity index (χ0) is 15.9. The maximum absolute atomic E-state index is 11.9. The summed E-state index contributed by atoms with van der Waals surface area (Å²) in [5.41, 5.74) is 0.584. The van der Waals surface area contributed by atoms with Crippen LogP contribution in [0.5, 0.6) is 0 Å². The lowest BCUT2D eigenvalue weighted by molar-refractivity contribution is -0.113. The lowest BCUT2D eigenvalue weighted by atomic mass is 10.3. The zero-order valence-electron chi connectivity index (χ0n) is 11.3. The van der Waals surface area contributed by atoms with Gasteiger partial charge in [-0.15, -0.1) is 16.8 Å². The molecule has 2 N–H and O–H groups in total. The number of halogens is 2. The summed E-state index contributed by atoms with van der Waals surface area (Å²) >= 11 is 12.1. The van der Waals surface area contributed by atoms with Crippen LogP contribution in [0.4, 0.5) is 10.8 Å². The van der Waals surface area contributed by atoms with Gasteiger partial charge in [-0.25, -0.2) is 0 Å². The van der Waals surface area contributed by atoms with E-state index in [4.69, 9.17) is 11.6 Å². The predicted octanol–water partition coefficient (Wildman–Crippen LogP) is 4.28. The van der Waals surface area contributed by atoms with E-state index in [0.29, 0.717) is 22.4 Å². The Bertz CT molecular complexity index is 680. The Morgan fingerprint density at radius 3 is 3.05 bits per heavy atom. The van der Waals surface area contributed by atoms with Gasteiger partial charge in [-0.3, -0.25) is 4.79 Å². The Morgan fingerprint density at radius 1 is 1.50 bits per heavy atom. The van der Waals surface area contributed by atoms with Gasteiger partial charge in [0.05, 0.1) is 16.5 Å². The van der Waals surface area contributed by atoms with E-state index in [9.17, 15) is 4.79 Å². The lowest BCUT2D eigenvalue weighted by Crippen LogP contribution is -2.14. The number of rotatable bonds is 7. The molecule has 0 atom stereocenters. The van der Waals surface area contributed by atoms with E-state index < -0.39 is 0 Å². The van der Waals surface area contributed by atoms with Crippen LogP contribution in [0.1, 0.15) is 0 Å². The topological polar surface area (TPSA) is 66.9 Å². The van der Waals surface area contributed by atoms with Gasteiger partial charge < -0.3 is 10.6 Å². The van der Waals surface area contributed by atoms with Crippen molar-refractivity contribution in [3.63, 3.8) is 0 Å². The molecule has 1 aromatic carbocycles. The summed E-state index contributed by atoms with van der Waals surface area (Å²) < 4.78 is 1.59. The van der Waals surface area contributed by atoms with E-state index in [-0.39, 0.29) is 11.7 Å². The number of aromatic nitrogens is 2. The summed E-state index contributed by atoms with van der Waals surface area (Å²) in [6.07, 6.45) is 1.74. The molecule has 0 aliphatic carbocycles. The van der Waals surface area contributed by atoms with Crippen molar-refractivity contribution in [1.29, 1.82) is 0 Å². The minimum atomic E-state index is -0.148. The Morgan fingerprint density at radius 2 is 2.32 bits per heavy atom. The summed E-state index contributed by atoms with van der Waals surface area (Å²) in [7, 11) is 0. The first-order valence-electron chi connectivity index (χ1n) is 6.14. The monoisotopic (exact) mass is 418 g/mol. The van der Waals surface area contributed by atoms with E-state index in [1.807, 2.05) is 6.07 Å². The molecule has 2 rings (SSSR count). The van der Waals surface area contributed by atoms with Crippen molar-refractivity contribution in [1.82, 2.24) is 10.2 Å². The van der Waals surface area contributed by atoms with Crippen LogP contribution in [0.15, 0.2) is 39.7 Å². The molecule has 116 valence electrons. The molecule has 0 saturated carbocycles. The maximum atomic E-state index is 11.9. The number of nitrogens with one attached hydrogen (secondary N) is 2. The molecule has 0 aliphatic rings. The highest BCUT2D eigenvalue weighted by Gasteiger charge is 2.10. The van der Waals surface area contributed by atoms with Crippen molar-refractivity contribution in [3.8, 4) is 0 Å². The number of nitrogens with zero attached hydrogens (tertiary/aromatic N) is 2. The fraction of sp³-hybridized carbons (Fsp3) is 0.154. The summed E-state index contributed by atoms with van der Waals surface area (Å²) in [6, 6.07) is 5.29. The van der Waals surface area contributed by atoms with Gasteiger partial charge in [0.2, 0.25) is 11.0 Å². The number of hydrogen-bond acceptors (Lipinski definition) is 6. The summed E-state index contributed by atoms with van der Waals surface area (Å²) in [6.45, 7) is 4.24. The second-order valence-electron chi connectivity index (χ2n) is 4.00. The van der Waals surface area contributed by atoms with Gasteiger partial charge in [0.1, 0.15) is 0 Å². The molecule has 5 nitrogen and oxygen atoms in total. The SMILES string of the molecule is C=CCNc1nnc(SCC(=O)Nc2ccc(Br)cc2Cl)s1. The van der Waals surface area contributed by atoms with Gasteiger partial charge in [-0.1, -0.05) is 56.7 Å². The van der Waals surface area contributed by atoms with Crippen molar-refractivity contribution in [2.45, 2.75) is 4.34 Å². The Labute approximate surface area is 149 Å². The Hall–Kier alpha value is -1.09. The first kappa shape index (κ1) is 17.3. The number of thioether (sulfide) groups is 1. The zero-order valence-corrected chi connectivity index (χ0v) is 15.3. The van der Waals surface area contributed by atoms with E-state index in [1.54, 1.807) is 18.2 Å². The molecule has 0 bridgehead atoms. The number of benzene rings is 1. The average Bonchev–Trinajstić information content (AvgIpc) is 2.94. The number of carbonyl (C=O) groups is 1. The lowest BCUT2D eigenvalue weighted by Gasteiger charge is -2.06. The molecule has 0 aliphatic heterocycles. The molecule has 1 amide bonds. The molecule has 0 radical (unpaired) electrons. The number of anilines is 2. The third kappa shape index (κ3) is 5.28. The van der Waals surface area contributed by atoms with Crippen LogP contribution in [0.25, 0.3) is 0 Å². The molecule has 1 aromatic heterocycles. The quantitative estimate of drug-likeness (QED) is 0.518. The molecular weight excluding hydrogens is 408 g/mol. The standard InChI is InChI=1S/C13H12BrClN4OS2/c1-2-5-16-12-18-19-13(22-12)21-7-11(20)17-10-4-3-8(14)6-9(10)15/h2-4,6H,1,5,7H2,(H,16,18)(H,17,20). The summed E-state index contributed by atoms with van der Waals surface area (Å²) in [5, 5.41) is 15.0. The van der Waals surface area contributed by atoms with Gasteiger partial charge in [-0.05, 0) is 18.2 Å². The Kier molecular flexibility index (Phi) is 6.69. The van der Waals surface area contributed by atoms with Gasteiger partial charge in [0, 0.05) is 11.0 Å². The maximum Gasteiger partial charge on any atom is 0.234 e. The van der Waals surface area contributed by atoms with Crippen molar-refractivity contribution in [2.75, 3.05) is 22.9 Å². The molecule has 0 spiro atoms. The van der Waals surface area contributed by atoms with E-state index in [2.05, 4.69) is 43.3 Å². The van der Waals surface area contributed by atoms with E-state index in [0.717, 1.165) is 8.81 Å². The van der Waals surface area contributed by atoms with Gasteiger partial charge in [0.25, 0.3) is 0 Å². The molecule has 0 fully saturated rings. The smallest absolute Gasteiger partial charge is 0.234 e. The first-order valence-corrected chi connectivity index (χ1v) is 9.12. The van der Waals surface area contributed by atoms with Crippen molar-refractivity contribution < 1.29 is 4.79 Å². The molecule has 0 unspecified atom stereocenters. The molecule has 9 heteroatoms. The van der Waals surface area contributed by atoms with Crippen molar-refractivity contribution >= 4 is 67.4 Å². The third-order valence-corrected chi connectivity index (χ3v) is 5.16. The van der Waals surface area contributed by atoms with Gasteiger partial charge in [-0.2, -0.15) is 0 Å². The third-order valence-electron chi connectivity index (χ3n) is 2.34. The van der Waals surface area contributed by atoms with Crippen LogP contribution in [-0.2, 0) is 4.79 Å². The van der Waals surface area contributed by atoms with Crippen LogP contribution < -0.4 is 10.6 Å². The molecule has 2 aromatic rings. The van der Waals surface area contributed by atoms with Crippen molar-refractivity contribution in [2.24, 2.45) is 0 Å². The number of carbonyl (C=O) groups excluding carboxylic acids is 1. The van der Waals surface area contributed by atoms with E-state index in [1.165, 1.54) is 23.1 Å². The van der Waals surface area contributed by atoms with Crippen LogP contribution in [-0.4, -0.2) is 28.4 Å². The minimum absolute atomic E-state index is 0.148. The van der Waals surface area contributed by atoms with Crippen LogP contribution in [0, 0.1) is 0 Å². The Balaban J connectivity index is 1.84. The minimum Gasteiger partial charge on any atom is -0.357 e. The first-order chi connectivity index (χ1) is 10.6. The van der Waals surface area contributed by atoms with Crippen molar-refractivity contribution in [3.05, 3.63) is 40.3 Å². The van der Waals surface area contributed by atoms with Crippen LogP contribution in [0.3, 0.4) is 0 Å². The average molecular weight is 420 g/mol. The van der Waals surface area contributed by atoms with Gasteiger partial charge >= 0.3 is 0 Å². The second-order valence-corrected chi connectivity index (χ2v) is 7.53. The largest absolute Gasteiger partial charge is 0.357 e. The summed E-state index contributed by atoms with van der Waals surface area (Å²) in [4.78, 5) is 11.9. The molecule has 1 heterocycles. The highest BCUT2D eigenvalue weighted by Crippen LogP contribution is 2.27. The van der Waals surface area contributed by atoms with E-state index >= 15 is 0 Å². The number of hydrogen-bond donors (Lipinski definition) is 2. The highest BCUT2D eigenvalue weighted by molar-refractivity contribution is 9.10. The predicted molar refractivity (Wildman–Crippen MR) is 97.1 cm³/mol. The van der Waals surface area contributed by atoms with Crippen LogP contribution >= 0.6 is 50.6 Å². The molecular formula is C13H12BrClN4OS2. The fourth-order valence-corrected chi connectivity index (χ4v) is 3.68. The normalized spacial score (nSPS) is 10.3. The molecule has 22 heavy (non-hydrogen) atoms. The number of amides is 1. The summed E-state index contributed by atoms with van der Waals surface area (Å²) in [5.74, 6) is 0.0904. The fourth-order valence-electron chi connectivity index (χ4n) is 1.40. The van der Waals surface area contributed by atoms with Gasteiger partial charge in [0.15, 0.2) is 4.34 Å².